The minimum atomic E-state index is -1.32. The third-order valence-electron chi connectivity index (χ3n) is 2.95. The van der Waals surface area contributed by atoms with Crippen molar-refractivity contribution in [1.82, 2.24) is 19.9 Å². The van der Waals surface area contributed by atoms with Gasteiger partial charge in [-0.1, -0.05) is 17.0 Å². The van der Waals surface area contributed by atoms with Crippen LogP contribution in [0, 0.1) is 0 Å². The average molecular weight is 300 g/mol. The van der Waals surface area contributed by atoms with Crippen LogP contribution in [0.25, 0.3) is 6.08 Å². The number of allylic oxidation sites excluding steroid dienone is 1. The van der Waals surface area contributed by atoms with Gasteiger partial charge in [-0.05, 0) is 13.0 Å². The predicted octanol–water partition coefficient (Wildman–Crippen LogP) is -3.90. The fraction of sp³-hybridized carbons (Fsp3) is 0.273. The molecule has 0 N–H and O–H groups in total. The molecule has 2 aliphatic rings. The van der Waals surface area contributed by atoms with Gasteiger partial charge < -0.3 is 9.90 Å². The quantitative estimate of drug-likeness (QED) is 0.315. The van der Waals surface area contributed by atoms with Crippen LogP contribution in [-0.4, -0.2) is 37.1 Å². The molecule has 0 aliphatic carbocycles. The standard InChI is InChI=1S/C11H10N4O3S.Na/c1-5-8(11(17)18)15-9(16)7(10(15)19-5)3-6-4-14(2)13-12-6;/h3-4,10H,1-2H3,(H,17,18);/q;+1/p-1/b7-3-;/t10-;/m1./s1. The Kier molecular flexibility index (Phi) is 4.10. The van der Waals surface area contributed by atoms with Gasteiger partial charge in [0.25, 0.3) is 5.91 Å². The van der Waals surface area contributed by atoms with Crippen LogP contribution < -0.4 is 34.7 Å². The van der Waals surface area contributed by atoms with Gasteiger partial charge >= 0.3 is 29.6 Å². The van der Waals surface area contributed by atoms with Crippen molar-refractivity contribution in [3.63, 3.8) is 0 Å². The monoisotopic (exact) mass is 300 g/mol. The number of β-lactam (4-membered cyclic amide) rings is 1. The number of carbonyl (C=O) groups excluding carboxylic acids is 2. The molecule has 3 heterocycles. The number of thioether (sulfide) groups is 1. The van der Waals surface area contributed by atoms with E-state index in [9.17, 15) is 14.7 Å². The number of nitrogens with zero attached hydrogens (tertiary/aromatic N) is 4. The molecule has 1 aromatic rings. The van der Waals surface area contributed by atoms with Gasteiger partial charge in [0.05, 0.1) is 23.4 Å². The van der Waals surface area contributed by atoms with Crippen molar-refractivity contribution in [2.75, 3.05) is 0 Å². The number of rotatable bonds is 2. The molecular weight excluding hydrogens is 291 g/mol. The third-order valence-corrected chi connectivity index (χ3v) is 4.18. The molecule has 20 heavy (non-hydrogen) atoms. The fourth-order valence-corrected chi connectivity index (χ4v) is 3.35. The summed E-state index contributed by atoms with van der Waals surface area (Å²) in [7, 11) is 1.73. The fourth-order valence-electron chi connectivity index (χ4n) is 2.12. The molecule has 98 valence electrons. The molecule has 0 spiro atoms. The second-order valence-electron chi connectivity index (χ2n) is 4.25. The first-order chi connectivity index (χ1) is 8.99. The number of carboxylic acids is 1. The Labute approximate surface area is 141 Å². The number of aryl methyl sites for hydroxylation is 1. The molecule has 1 aromatic heterocycles. The summed E-state index contributed by atoms with van der Waals surface area (Å²) < 4.78 is 1.53. The molecule has 1 saturated heterocycles. The van der Waals surface area contributed by atoms with Crippen LogP contribution >= 0.6 is 11.8 Å². The number of amides is 1. The maximum absolute atomic E-state index is 12.0. The van der Waals surface area contributed by atoms with E-state index in [-0.39, 0.29) is 46.5 Å². The number of hydrogen-bond donors (Lipinski definition) is 0. The van der Waals surface area contributed by atoms with E-state index in [2.05, 4.69) is 10.3 Å². The molecular formula is C11H9N4NaO3S. The Morgan fingerprint density at radius 3 is 2.80 bits per heavy atom. The molecule has 0 saturated carbocycles. The number of hydrogen-bond acceptors (Lipinski definition) is 6. The van der Waals surface area contributed by atoms with Crippen LogP contribution in [0.3, 0.4) is 0 Å². The number of aliphatic carboxylic acids is 1. The number of carboxylic acid groups (broad SMARTS) is 1. The van der Waals surface area contributed by atoms with Crippen molar-refractivity contribution in [1.29, 1.82) is 0 Å². The van der Waals surface area contributed by atoms with Gasteiger partial charge in [-0.3, -0.25) is 14.4 Å². The van der Waals surface area contributed by atoms with E-state index in [4.69, 9.17) is 0 Å². The van der Waals surface area contributed by atoms with Crippen LogP contribution in [0.15, 0.2) is 22.4 Å². The van der Waals surface area contributed by atoms with Gasteiger partial charge in [-0.15, -0.1) is 5.10 Å². The summed E-state index contributed by atoms with van der Waals surface area (Å²) >= 11 is 1.33. The molecule has 7 nitrogen and oxygen atoms in total. The van der Waals surface area contributed by atoms with Crippen molar-refractivity contribution in [3.05, 3.63) is 28.1 Å². The Morgan fingerprint density at radius 1 is 1.55 bits per heavy atom. The minimum Gasteiger partial charge on any atom is -0.543 e. The van der Waals surface area contributed by atoms with Crippen molar-refractivity contribution in [3.8, 4) is 0 Å². The summed E-state index contributed by atoms with van der Waals surface area (Å²) in [4.78, 5) is 24.8. The molecule has 3 rings (SSSR count). The van der Waals surface area contributed by atoms with Crippen molar-refractivity contribution < 1.29 is 44.3 Å². The van der Waals surface area contributed by atoms with E-state index in [0.717, 1.165) is 0 Å². The van der Waals surface area contributed by atoms with E-state index in [1.807, 2.05) is 0 Å². The minimum absolute atomic E-state index is 0. The first-order valence-corrected chi connectivity index (χ1v) is 6.37. The average Bonchev–Trinajstić information content (AvgIpc) is 2.88. The summed E-state index contributed by atoms with van der Waals surface area (Å²) in [5.41, 5.74) is 1.07. The summed E-state index contributed by atoms with van der Waals surface area (Å²) in [5.74, 6) is -1.64. The SMILES string of the molecule is CC1=C(C(=O)[O-])N2C(=O)/C(=C/c3cn(C)nn3)[C@H]2S1.[Na+]. The van der Waals surface area contributed by atoms with Crippen LogP contribution in [0.2, 0.25) is 0 Å². The van der Waals surface area contributed by atoms with Gasteiger partial charge in [0, 0.05) is 12.0 Å². The Hall–Kier alpha value is -1.09. The molecule has 9 heteroatoms. The van der Waals surface area contributed by atoms with E-state index in [0.29, 0.717) is 16.2 Å². The Morgan fingerprint density at radius 2 is 2.25 bits per heavy atom. The Balaban J connectivity index is 0.00000147. The molecule has 0 radical (unpaired) electrons. The summed E-state index contributed by atoms with van der Waals surface area (Å²) in [5, 5.41) is 18.4. The van der Waals surface area contributed by atoms with E-state index < -0.39 is 5.97 Å². The molecule has 1 fully saturated rings. The zero-order valence-electron chi connectivity index (χ0n) is 11.2. The van der Waals surface area contributed by atoms with Gasteiger partial charge in [0.1, 0.15) is 11.1 Å². The molecule has 0 aromatic carbocycles. The van der Waals surface area contributed by atoms with E-state index >= 15 is 0 Å². The topological polar surface area (TPSA) is 91.2 Å². The van der Waals surface area contributed by atoms with Gasteiger partial charge in [0.2, 0.25) is 0 Å². The number of aromatic nitrogens is 3. The maximum Gasteiger partial charge on any atom is 1.00 e. The zero-order valence-corrected chi connectivity index (χ0v) is 14.0. The summed E-state index contributed by atoms with van der Waals surface area (Å²) in [6.45, 7) is 1.67. The molecule has 1 atom stereocenters. The first-order valence-electron chi connectivity index (χ1n) is 5.49. The first kappa shape index (κ1) is 15.3. The van der Waals surface area contributed by atoms with Crippen LogP contribution in [-0.2, 0) is 16.6 Å². The predicted molar refractivity (Wildman–Crippen MR) is 64.9 cm³/mol. The number of fused-ring (bicyclic) bond motifs is 1. The van der Waals surface area contributed by atoms with Crippen molar-refractivity contribution >= 4 is 29.7 Å². The molecule has 2 aliphatic heterocycles. The molecule has 1 amide bonds. The van der Waals surface area contributed by atoms with Crippen LogP contribution in [0.1, 0.15) is 12.6 Å². The third kappa shape index (κ3) is 2.22. The van der Waals surface area contributed by atoms with Gasteiger partial charge in [0.15, 0.2) is 0 Å². The van der Waals surface area contributed by atoms with E-state index in [1.54, 1.807) is 26.2 Å². The van der Waals surface area contributed by atoms with Crippen LogP contribution in [0.4, 0.5) is 0 Å². The second kappa shape index (κ2) is 5.36. The van der Waals surface area contributed by atoms with Crippen molar-refractivity contribution in [2.45, 2.75) is 12.3 Å². The normalized spacial score (nSPS) is 22.7. The molecule has 0 bridgehead atoms. The van der Waals surface area contributed by atoms with E-state index in [1.165, 1.54) is 21.3 Å². The number of carbonyl (C=O) groups is 2. The Bertz CT molecular complexity index is 666. The second-order valence-corrected chi connectivity index (χ2v) is 5.55. The van der Waals surface area contributed by atoms with Gasteiger partial charge in [-0.25, -0.2) is 0 Å². The zero-order chi connectivity index (χ0) is 13.7. The van der Waals surface area contributed by atoms with Gasteiger partial charge in [-0.2, -0.15) is 0 Å². The maximum atomic E-state index is 12.0. The molecule has 0 unspecified atom stereocenters. The summed E-state index contributed by atoms with van der Waals surface area (Å²) in [6, 6.07) is 0. The van der Waals surface area contributed by atoms with Crippen LogP contribution in [0.5, 0.6) is 0 Å². The summed E-state index contributed by atoms with van der Waals surface area (Å²) in [6.07, 6.45) is 3.32. The largest absolute Gasteiger partial charge is 1.00 e. The van der Waals surface area contributed by atoms with Crippen molar-refractivity contribution in [2.24, 2.45) is 7.05 Å². The smallest absolute Gasteiger partial charge is 0.543 e.